The van der Waals surface area contributed by atoms with E-state index in [9.17, 15) is 9.18 Å². The van der Waals surface area contributed by atoms with E-state index in [-0.39, 0.29) is 36.2 Å². The van der Waals surface area contributed by atoms with Gasteiger partial charge in [-0.15, -0.1) is 5.10 Å². The molecular weight excluding hydrogens is 461 g/mol. The number of nitrogens with zero attached hydrogens (tertiary/aromatic N) is 3. The molecule has 4 aromatic rings. The number of amides is 1. The Morgan fingerprint density at radius 2 is 1.58 bits per heavy atom. The minimum absolute atomic E-state index is 0.0643. The molecule has 0 aliphatic carbocycles. The molecule has 1 aliphatic heterocycles. The van der Waals surface area contributed by atoms with Crippen molar-refractivity contribution in [1.29, 1.82) is 0 Å². The van der Waals surface area contributed by atoms with E-state index in [2.05, 4.69) is 20.7 Å². The molecule has 5 rings (SSSR count). The fourth-order valence-electron chi connectivity index (χ4n) is 4.35. The van der Waals surface area contributed by atoms with Crippen molar-refractivity contribution in [2.75, 3.05) is 24.9 Å². The highest BCUT2D eigenvalue weighted by atomic mass is 19.1. The second-order valence-corrected chi connectivity index (χ2v) is 8.55. The maximum absolute atomic E-state index is 13.6. The van der Waals surface area contributed by atoms with Crippen LogP contribution >= 0.6 is 0 Å². The van der Waals surface area contributed by atoms with E-state index in [0.717, 1.165) is 28.2 Å². The van der Waals surface area contributed by atoms with Crippen molar-refractivity contribution in [3.8, 4) is 11.5 Å². The van der Waals surface area contributed by atoms with E-state index in [4.69, 9.17) is 9.47 Å². The Bertz CT molecular complexity index is 1340. The molecule has 0 saturated heterocycles. The van der Waals surface area contributed by atoms with Gasteiger partial charge in [0, 0.05) is 0 Å². The lowest BCUT2D eigenvalue weighted by Gasteiger charge is -2.31. The van der Waals surface area contributed by atoms with Crippen LogP contribution < -0.4 is 20.1 Å². The number of anilines is 2. The van der Waals surface area contributed by atoms with Crippen LogP contribution in [0, 0.1) is 5.82 Å². The van der Waals surface area contributed by atoms with Gasteiger partial charge in [-0.05, 0) is 59.5 Å². The number of hydrogen-bond donors (Lipinski definition) is 2. The third kappa shape index (κ3) is 5.00. The summed E-state index contributed by atoms with van der Waals surface area (Å²) in [6.45, 7) is 0. The fraction of sp³-hybridized carbons (Fsp3) is 0.222. The van der Waals surface area contributed by atoms with Crippen molar-refractivity contribution in [1.82, 2.24) is 14.8 Å². The zero-order chi connectivity index (χ0) is 25.1. The molecule has 1 aliphatic rings. The molecule has 2 atom stereocenters. The van der Waals surface area contributed by atoms with Gasteiger partial charge in [0.1, 0.15) is 17.3 Å². The van der Waals surface area contributed by atoms with Crippen molar-refractivity contribution in [2.24, 2.45) is 0 Å². The molecule has 9 heteroatoms. The first-order valence-corrected chi connectivity index (χ1v) is 11.6. The monoisotopic (exact) mass is 487 g/mol. The highest BCUT2D eigenvalue weighted by molar-refractivity contribution is 5.90. The number of carbonyl (C=O) groups is 1. The van der Waals surface area contributed by atoms with Crippen LogP contribution in [-0.4, -0.2) is 34.9 Å². The standard InChI is InChI=1S/C27H26FN5O3/c1-35-21-11-3-17(4-12-21)15-25(34)30-26-31-27-29-23(18-7-13-22(36-2)14-8-18)16-24(33(27)32-26)19-5-9-20(28)10-6-19/h3-14,23-24H,15-16H2,1-2H3,(H2,29,30,31,32,34)/t23-,24-/m1/s1. The van der Waals surface area contributed by atoms with Crippen molar-refractivity contribution in [3.05, 3.63) is 95.3 Å². The van der Waals surface area contributed by atoms with E-state index in [1.54, 1.807) is 31.0 Å². The summed E-state index contributed by atoms with van der Waals surface area (Å²) in [4.78, 5) is 17.2. The van der Waals surface area contributed by atoms with Crippen LogP contribution in [0.15, 0.2) is 72.8 Å². The van der Waals surface area contributed by atoms with Crippen molar-refractivity contribution in [2.45, 2.75) is 24.9 Å². The summed E-state index contributed by atoms with van der Waals surface area (Å²) < 4.78 is 25.8. The normalized spacial score (nSPS) is 16.5. The summed E-state index contributed by atoms with van der Waals surface area (Å²) in [6, 6.07) is 21.3. The summed E-state index contributed by atoms with van der Waals surface area (Å²) in [6.07, 6.45) is 0.838. The molecule has 2 heterocycles. The molecule has 1 aromatic heterocycles. The first-order chi connectivity index (χ1) is 17.5. The van der Waals surface area contributed by atoms with Gasteiger partial charge in [-0.2, -0.15) is 4.98 Å². The van der Waals surface area contributed by atoms with Gasteiger partial charge in [-0.3, -0.25) is 10.1 Å². The molecule has 0 unspecified atom stereocenters. The average molecular weight is 488 g/mol. The lowest BCUT2D eigenvalue weighted by atomic mass is 9.93. The predicted molar refractivity (Wildman–Crippen MR) is 134 cm³/mol. The molecule has 184 valence electrons. The number of carbonyl (C=O) groups excluding carboxylic acids is 1. The molecule has 0 bridgehead atoms. The quantitative estimate of drug-likeness (QED) is 0.391. The molecule has 0 fully saturated rings. The third-order valence-corrected chi connectivity index (χ3v) is 6.24. The number of ether oxygens (including phenoxy) is 2. The lowest BCUT2D eigenvalue weighted by molar-refractivity contribution is -0.115. The summed E-state index contributed by atoms with van der Waals surface area (Å²) in [7, 11) is 3.23. The summed E-state index contributed by atoms with van der Waals surface area (Å²) in [5.41, 5.74) is 2.81. The Morgan fingerprint density at radius 1 is 0.972 bits per heavy atom. The number of aromatic nitrogens is 3. The Morgan fingerprint density at radius 3 is 2.22 bits per heavy atom. The average Bonchev–Trinajstić information content (AvgIpc) is 3.31. The molecule has 0 radical (unpaired) electrons. The third-order valence-electron chi connectivity index (χ3n) is 6.24. The molecule has 0 spiro atoms. The first kappa shape index (κ1) is 23.3. The highest BCUT2D eigenvalue weighted by Crippen LogP contribution is 2.38. The minimum atomic E-state index is -0.301. The summed E-state index contributed by atoms with van der Waals surface area (Å²) >= 11 is 0. The number of halogens is 1. The van der Waals surface area contributed by atoms with E-state index < -0.39 is 0 Å². The van der Waals surface area contributed by atoms with Gasteiger partial charge in [0.15, 0.2) is 0 Å². The van der Waals surface area contributed by atoms with Gasteiger partial charge in [-0.25, -0.2) is 9.07 Å². The second-order valence-electron chi connectivity index (χ2n) is 8.55. The number of benzene rings is 3. The van der Waals surface area contributed by atoms with Gasteiger partial charge < -0.3 is 14.8 Å². The molecule has 8 nitrogen and oxygen atoms in total. The summed E-state index contributed by atoms with van der Waals surface area (Å²) in [5.74, 6) is 1.70. The van der Waals surface area contributed by atoms with Crippen LogP contribution in [-0.2, 0) is 11.2 Å². The zero-order valence-corrected chi connectivity index (χ0v) is 19.9. The maximum atomic E-state index is 13.6. The number of hydrogen-bond acceptors (Lipinski definition) is 6. The minimum Gasteiger partial charge on any atom is -0.497 e. The topological polar surface area (TPSA) is 90.3 Å². The van der Waals surface area contributed by atoms with Crippen molar-refractivity contribution in [3.63, 3.8) is 0 Å². The van der Waals surface area contributed by atoms with Gasteiger partial charge >= 0.3 is 0 Å². The molecule has 3 aromatic carbocycles. The van der Waals surface area contributed by atoms with Crippen LogP contribution in [0.25, 0.3) is 0 Å². The molecule has 1 amide bonds. The highest BCUT2D eigenvalue weighted by Gasteiger charge is 2.31. The Balaban J connectivity index is 1.39. The van der Waals surface area contributed by atoms with E-state index in [0.29, 0.717) is 12.4 Å². The van der Waals surface area contributed by atoms with Crippen molar-refractivity contribution >= 4 is 17.8 Å². The molecular formula is C27H26FN5O3. The Hall–Kier alpha value is -4.40. The lowest BCUT2D eigenvalue weighted by Crippen LogP contribution is -2.28. The van der Waals surface area contributed by atoms with Crippen LogP contribution in [0.2, 0.25) is 0 Å². The Kier molecular flexibility index (Phi) is 6.53. The van der Waals surface area contributed by atoms with E-state index in [1.807, 2.05) is 48.5 Å². The zero-order valence-electron chi connectivity index (χ0n) is 19.9. The number of rotatable bonds is 7. The maximum Gasteiger partial charge on any atom is 0.250 e. The first-order valence-electron chi connectivity index (χ1n) is 11.6. The van der Waals surface area contributed by atoms with Gasteiger partial charge in [-0.1, -0.05) is 36.4 Å². The predicted octanol–water partition coefficient (Wildman–Crippen LogP) is 4.76. The SMILES string of the molecule is COc1ccc(CC(=O)Nc2nc3n(n2)[C@@H](c2ccc(F)cc2)C[C@H](c2ccc(OC)cc2)N3)cc1. The van der Waals surface area contributed by atoms with Crippen LogP contribution in [0.1, 0.15) is 35.2 Å². The second kappa shape index (κ2) is 10.1. The van der Waals surface area contributed by atoms with Crippen LogP contribution in [0.5, 0.6) is 11.5 Å². The molecule has 2 N–H and O–H groups in total. The van der Waals surface area contributed by atoms with E-state index >= 15 is 0 Å². The van der Waals surface area contributed by atoms with Gasteiger partial charge in [0.05, 0.1) is 32.7 Å². The van der Waals surface area contributed by atoms with Gasteiger partial charge in [0.25, 0.3) is 5.95 Å². The largest absolute Gasteiger partial charge is 0.497 e. The van der Waals surface area contributed by atoms with Crippen molar-refractivity contribution < 1.29 is 18.7 Å². The smallest absolute Gasteiger partial charge is 0.250 e. The van der Waals surface area contributed by atoms with Crippen LogP contribution in [0.3, 0.4) is 0 Å². The Labute approximate surface area is 208 Å². The fourth-order valence-corrected chi connectivity index (χ4v) is 4.35. The van der Waals surface area contributed by atoms with Crippen LogP contribution in [0.4, 0.5) is 16.3 Å². The van der Waals surface area contributed by atoms with Gasteiger partial charge in [0.2, 0.25) is 11.9 Å². The summed E-state index contributed by atoms with van der Waals surface area (Å²) in [5, 5.41) is 10.8. The molecule has 36 heavy (non-hydrogen) atoms. The number of nitrogens with one attached hydrogen (secondary N) is 2. The number of fused-ring (bicyclic) bond motifs is 1. The molecule has 0 saturated carbocycles. The number of methoxy groups -OCH3 is 2. The van der Waals surface area contributed by atoms with E-state index in [1.165, 1.54) is 12.1 Å².